The molecule has 15 heavy (non-hydrogen) atoms. The van der Waals surface area contributed by atoms with Gasteiger partial charge in [0.15, 0.2) is 0 Å². The van der Waals surface area contributed by atoms with Gasteiger partial charge in [-0.15, -0.1) is 0 Å². The van der Waals surface area contributed by atoms with Gasteiger partial charge in [0.2, 0.25) is 0 Å². The molecule has 1 heterocycles. The van der Waals surface area contributed by atoms with Crippen LogP contribution in [0.2, 0.25) is 5.02 Å². The van der Waals surface area contributed by atoms with Crippen molar-refractivity contribution in [2.45, 2.75) is 0 Å². The van der Waals surface area contributed by atoms with Crippen LogP contribution in [0.5, 0.6) is 0 Å². The SMILES string of the molecule is NCC1(CNc2cccc(Cl)c2)COC1. The second-order valence-corrected chi connectivity index (χ2v) is 4.50. The van der Waals surface area contributed by atoms with Crippen molar-refractivity contribution in [1.82, 2.24) is 0 Å². The molecule has 1 aliphatic rings. The number of rotatable bonds is 4. The third-order valence-corrected chi connectivity index (χ3v) is 2.98. The molecule has 0 spiro atoms. The molecule has 0 atom stereocenters. The minimum atomic E-state index is 0.113. The zero-order valence-corrected chi connectivity index (χ0v) is 9.26. The van der Waals surface area contributed by atoms with Crippen LogP contribution < -0.4 is 11.1 Å². The number of anilines is 1. The predicted molar refractivity (Wildman–Crippen MR) is 62.2 cm³/mol. The molecule has 1 saturated heterocycles. The molecule has 1 fully saturated rings. The standard InChI is InChI=1S/C11H15ClN2O/c12-9-2-1-3-10(4-9)14-6-11(5-13)7-15-8-11/h1-4,14H,5-8,13H2. The number of nitrogens with two attached hydrogens (primary N) is 1. The summed E-state index contributed by atoms with van der Waals surface area (Å²) in [6, 6.07) is 7.69. The van der Waals surface area contributed by atoms with Crippen LogP contribution in [0.4, 0.5) is 5.69 Å². The summed E-state index contributed by atoms with van der Waals surface area (Å²) in [5.41, 5.74) is 6.86. The summed E-state index contributed by atoms with van der Waals surface area (Å²) in [6.07, 6.45) is 0. The van der Waals surface area contributed by atoms with Crippen molar-refractivity contribution in [1.29, 1.82) is 0 Å². The zero-order chi connectivity index (χ0) is 10.7. The lowest BCUT2D eigenvalue weighted by molar-refractivity contribution is -0.0979. The molecule has 0 radical (unpaired) electrons. The summed E-state index contributed by atoms with van der Waals surface area (Å²) in [4.78, 5) is 0. The fraction of sp³-hybridized carbons (Fsp3) is 0.455. The van der Waals surface area contributed by atoms with E-state index in [-0.39, 0.29) is 5.41 Å². The van der Waals surface area contributed by atoms with Crippen molar-refractivity contribution in [3.05, 3.63) is 29.3 Å². The molecule has 1 aromatic carbocycles. The van der Waals surface area contributed by atoms with Crippen molar-refractivity contribution < 1.29 is 4.74 Å². The Bertz CT molecular complexity index is 334. The molecule has 4 heteroatoms. The van der Waals surface area contributed by atoms with E-state index < -0.39 is 0 Å². The number of hydrogen-bond acceptors (Lipinski definition) is 3. The van der Waals surface area contributed by atoms with Gasteiger partial charge in [0.25, 0.3) is 0 Å². The van der Waals surface area contributed by atoms with Crippen molar-refractivity contribution in [2.75, 3.05) is 31.6 Å². The third-order valence-electron chi connectivity index (χ3n) is 2.74. The lowest BCUT2D eigenvalue weighted by Gasteiger charge is -2.40. The minimum Gasteiger partial charge on any atom is -0.384 e. The molecule has 0 saturated carbocycles. The highest BCUT2D eigenvalue weighted by Crippen LogP contribution is 2.26. The zero-order valence-electron chi connectivity index (χ0n) is 8.50. The first-order chi connectivity index (χ1) is 7.24. The highest BCUT2D eigenvalue weighted by Gasteiger charge is 2.36. The van der Waals surface area contributed by atoms with Gasteiger partial charge < -0.3 is 15.8 Å². The average Bonchev–Trinajstić information content (AvgIpc) is 2.17. The smallest absolute Gasteiger partial charge is 0.0574 e. The van der Waals surface area contributed by atoms with Crippen LogP contribution in [-0.4, -0.2) is 26.3 Å². The number of halogens is 1. The molecule has 0 unspecified atom stereocenters. The van der Waals surface area contributed by atoms with Gasteiger partial charge in [0.1, 0.15) is 0 Å². The molecule has 0 aliphatic carbocycles. The van der Waals surface area contributed by atoms with Crippen LogP contribution in [0, 0.1) is 5.41 Å². The Labute approximate surface area is 94.6 Å². The molecular formula is C11H15ClN2O. The Morgan fingerprint density at radius 1 is 1.47 bits per heavy atom. The molecular weight excluding hydrogens is 212 g/mol. The summed E-state index contributed by atoms with van der Waals surface area (Å²) in [5.74, 6) is 0. The minimum absolute atomic E-state index is 0.113. The molecule has 1 aliphatic heterocycles. The maximum atomic E-state index is 5.89. The summed E-state index contributed by atoms with van der Waals surface area (Å²) < 4.78 is 5.20. The Balaban J connectivity index is 1.92. The number of ether oxygens (including phenoxy) is 1. The molecule has 3 nitrogen and oxygen atoms in total. The lowest BCUT2D eigenvalue weighted by Crippen LogP contribution is -2.52. The number of benzene rings is 1. The second-order valence-electron chi connectivity index (χ2n) is 4.06. The Morgan fingerprint density at radius 2 is 2.27 bits per heavy atom. The molecule has 82 valence electrons. The van der Waals surface area contributed by atoms with Gasteiger partial charge in [-0.25, -0.2) is 0 Å². The summed E-state index contributed by atoms with van der Waals surface area (Å²) >= 11 is 5.89. The monoisotopic (exact) mass is 226 g/mol. The normalized spacial score (nSPS) is 18.3. The summed E-state index contributed by atoms with van der Waals surface area (Å²) in [6.45, 7) is 2.98. The van der Waals surface area contributed by atoms with Gasteiger partial charge in [-0.1, -0.05) is 17.7 Å². The first kappa shape index (κ1) is 10.7. The molecule has 3 N–H and O–H groups in total. The number of nitrogens with one attached hydrogen (secondary N) is 1. The fourth-order valence-electron chi connectivity index (χ4n) is 1.57. The van der Waals surface area contributed by atoms with Crippen LogP contribution in [0.15, 0.2) is 24.3 Å². The van der Waals surface area contributed by atoms with E-state index in [9.17, 15) is 0 Å². The van der Waals surface area contributed by atoms with Gasteiger partial charge >= 0.3 is 0 Å². The first-order valence-electron chi connectivity index (χ1n) is 5.01. The van der Waals surface area contributed by atoms with E-state index in [4.69, 9.17) is 22.1 Å². The van der Waals surface area contributed by atoms with Crippen LogP contribution in [-0.2, 0) is 4.74 Å². The highest BCUT2D eigenvalue weighted by molar-refractivity contribution is 6.30. The van der Waals surface area contributed by atoms with E-state index in [1.165, 1.54) is 0 Å². The lowest BCUT2D eigenvalue weighted by atomic mass is 9.86. The molecule has 0 aromatic heterocycles. The van der Waals surface area contributed by atoms with Gasteiger partial charge in [-0.3, -0.25) is 0 Å². The first-order valence-corrected chi connectivity index (χ1v) is 5.39. The van der Waals surface area contributed by atoms with E-state index in [0.717, 1.165) is 30.5 Å². The number of hydrogen-bond donors (Lipinski definition) is 2. The van der Waals surface area contributed by atoms with Crippen LogP contribution in [0.25, 0.3) is 0 Å². The largest absolute Gasteiger partial charge is 0.384 e. The maximum absolute atomic E-state index is 5.89. The van der Waals surface area contributed by atoms with Gasteiger partial charge in [-0.2, -0.15) is 0 Å². The van der Waals surface area contributed by atoms with Crippen molar-refractivity contribution in [3.8, 4) is 0 Å². The quantitative estimate of drug-likeness (QED) is 0.822. The summed E-state index contributed by atoms with van der Waals surface area (Å²) in [7, 11) is 0. The Kier molecular flexibility index (Phi) is 3.14. The topological polar surface area (TPSA) is 47.3 Å². The van der Waals surface area contributed by atoms with Gasteiger partial charge in [0, 0.05) is 29.2 Å². The van der Waals surface area contributed by atoms with Crippen molar-refractivity contribution in [2.24, 2.45) is 11.1 Å². The van der Waals surface area contributed by atoms with Gasteiger partial charge in [0.05, 0.1) is 13.2 Å². The predicted octanol–water partition coefficient (Wildman–Crippen LogP) is 1.73. The Hall–Kier alpha value is -0.770. The highest BCUT2D eigenvalue weighted by atomic mass is 35.5. The van der Waals surface area contributed by atoms with Crippen LogP contribution in [0.1, 0.15) is 0 Å². The molecule has 0 amide bonds. The van der Waals surface area contributed by atoms with Crippen molar-refractivity contribution >= 4 is 17.3 Å². The molecule has 0 bridgehead atoms. The average molecular weight is 227 g/mol. The molecule has 2 rings (SSSR count). The van der Waals surface area contributed by atoms with E-state index in [1.807, 2.05) is 24.3 Å². The van der Waals surface area contributed by atoms with Crippen molar-refractivity contribution in [3.63, 3.8) is 0 Å². The van der Waals surface area contributed by atoms with Crippen LogP contribution in [0.3, 0.4) is 0 Å². The van der Waals surface area contributed by atoms with Gasteiger partial charge in [-0.05, 0) is 18.2 Å². The Morgan fingerprint density at radius 3 is 2.80 bits per heavy atom. The van der Waals surface area contributed by atoms with Crippen LogP contribution >= 0.6 is 11.6 Å². The summed E-state index contributed by atoms with van der Waals surface area (Å²) in [5, 5.41) is 4.08. The second kappa shape index (κ2) is 4.39. The molecule has 1 aromatic rings. The van der Waals surface area contributed by atoms with E-state index >= 15 is 0 Å². The maximum Gasteiger partial charge on any atom is 0.0574 e. The van der Waals surface area contributed by atoms with E-state index in [0.29, 0.717) is 6.54 Å². The van der Waals surface area contributed by atoms with E-state index in [1.54, 1.807) is 0 Å². The van der Waals surface area contributed by atoms with E-state index in [2.05, 4.69) is 5.32 Å². The third kappa shape index (κ3) is 2.43. The fourth-order valence-corrected chi connectivity index (χ4v) is 1.76.